The molecule has 0 aromatic heterocycles. The van der Waals surface area contributed by atoms with Gasteiger partial charge in [-0.05, 0) is 43.5 Å². The highest BCUT2D eigenvalue weighted by molar-refractivity contribution is 7.89. The molecular formula is C17H27N3O4S. The molecule has 25 heavy (non-hydrogen) atoms. The molecule has 0 spiro atoms. The van der Waals surface area contributed by atoms with Crippen molar-refractivity contribution >= 4 is 15.9 Å². The van der Waals surface area contributed by atoms with Crippen molar-refractivity contribution in [3.8, 4) is 5.75 Å². The summed E-state index contributed by atoms with van der Waals surface area (Å²) in [7, 11) is -2.06. The first kappa shape index (κ1) is 19.7. The van der Waals surface area contributed by atoms with E-state index in [0.717, 1.165) is 24.8 Å². The number of hydrogen-bond donors (Lipinski definition) is 2. The van der Waals surface area contributed by atoms with Crippen LogP contribution in [0.5, 0.6) is 5.75 Å². The van der Waals surface area contributed by atoms with Crippen LogP contribution in [0.15, 0.2) is 23.1 Å². The quantitative estimate of drug-likeness (QED) is 0.747. The number of aryl methyl sites for hydroxylation is 1. The predicted molar refractivity (Wildman–Crippen MR) is 95.9 cm³/mol. The number of methoxy groups -OCH3 is 1. The van der Waals surface area contributed by atoms with Crippen LogP contribution in [0, 0.1) is 6.92 Å². The van der Waals surface area contributed by atoms with Crippen molar-refractivity contribution in [3.05, 3.63) is 23.8 Å². The minimum Gasteiger partial charge on any atom is -0.496 e. The van der Waals surface area contributed by atoms with Gasteiger partial charge in [-0.1, -0.05) is 6.42 Å². The van der Waals surface area contributed by atoms with E-state index in [9.17, 15) is 13.2 Å². The smallest absolute Gasteiger partial charge is 0.243 e. The standard InChI is InChI=1S/C17H27N3O4S/c1-13-11-15(6-7-16(13)24-2)25(22,23)20-10-4-3-5-14(20)12-19-17(21)8-9-18/h6-7,11,14H,3-5,8-10,12,18H2,1-2H3,(H,19,21). The van der Waals surface area contributed by atoms with Crippen molar-refractivity contribution in [1.82, 2.24) is 9.62 Å². The average molecular weight is 369 g/mol. The van der Waals surface area contributed by atoms with Crippen LogP contribution in [0.4, 0.5) is 0 Å². The number of sulfonamides is 1. The SMILES string of the molecule is COc1ccc(S(=O)(=O)N2CCCCC2CNC(=O)CCN)cc1C. The first-order valence-electron chi connectivity index (χ1n) is 8.53. The molecule has 0 bridgehead atoms. The fourth-order valence-electron chi connectivity index (χ4n) is 3.09. The molecule has 1 aromatic rings. The van der Waals surface area contributed by atoms with E-state index >= 15 is 0 Å². The second-order valence-electron chi connectivity index (χ2n) is 6.24. The Morgan fingerprint density at radius 1 is 1.40 bits per heavy atom. The van der Waals surface area contributed by atoms with Gasteiger partial charge in [-0.3, -0.25) is 4.79 Å². The molecule has 1 aliphatic heterocycles. The van der Waals surface area contributed by atoms with Gasteiger partial charge in [0.15, 0.2) is 0 Å². The number of benzene rings is 1. The van der Waals surface area contributed by atoms with E-state index in [1.807, 2.05) is 6.92 Å². The Bertz CT molecular complexity index is 706. The molecule has 3 N–H and O–H groups in total. The van der Waals surface area contributed by atoms with Gasteiger partial charge in [-0.25, -0.2) is 8.42 Å². The number of amides is 1. The number of ether oxygens (including phenoxy) is 1. The number of nitrogens with two attached hydrogens (primary N) is 1. The Labute approximate surface area is 149 Å². The van der Waals surface area contributed by atoms with Crippen molar-refractivity contribution in [3.63, 3.8) is 0 Å². The fourth-order valence-corrected chi connectivity index (χ4v) is 4.87. The average Bonchev–Trinajstić information content (AvgIpc) is 2.60. The van der Waals surface area contributed by atoms with E-state index in [-0.39, 0.29) is 29.8 Å². The summed E-state index contributed by atoms with van der Waals surface area (Å²) in [4.78, 5) is 11.9. The summed E-state index contributed by atoms with van der Waals surface area (Å²) < 4.78 is 32.9. The van der Waals surface area contributed by atoms with E-state index in [0.29, 0.717) is 18.8 Å². The highest BCUT2D eigenvalue weighted by atomic mass is 32.2. The summed E-state index contributed by atoms with van der Waals surface area (Å²) in [6.45, 7) is 2.88. The molecule has 1 aromatic carbocycles. The van der Waals surface area contributed by atoms with Gasteiger partial charge >= 0.3 is 0 Å². The third-order valence-corrected chi connectivity index (χ3v) is 6.40. The summed E-state index contributed by atoms with van der Waals surface area (Å²) in [6.07, 6.45) is 2.75. The summed E-state index contributed by atoms with van der Waals surface area (Å²) in [5.41, 5.74) is 6.14. The fraction of sp³-hybridized carbons (Fsp3) is 0.588. The minimum absolute atomic E-state index is 0.147. The maximum absolute atomic E-state index is 13.1. The Balaban J connectivity index is 2.19. The topological polar surface area (TPSA) is 102 Å². The van der Waals surface area contributed by atoms with Crippen molar-refractivity contribution < 1.29 is 17.9 Å². The minimum atomic E-state index is -3.62. The largest absolute Gasteiger partial charge is 0.496 e. The van der Waals surface area contributed by atoms with E-state index in [4.69, 9.17) is 10.5 Å². The summed E-state index contributed by atoms with van der Waals surface area (Å²) >= 11 is 0. The number of nitrogens with one attached hydrogen (secondary N) is 1. The molecule has 1 fully saturated rings. The van der Waals surface area contributed by atoms with Gasteiger partial charge in [0.25, 0.3) is 0 Å². The number of nitrogens with zero attached hydrogens (tertiary/aromatic N) is 1. The zero-order valence-electron chi connectivity index (χ0n) is 14.8. The van der Waals surface area contributed by atoms with E-state index in [1.165, 1.54) is 4.31 Å². The summed E-state index contributed by atoms with van der Waals surface area (Å²) in [5.74, 6) is 0.508. The Hall–Kier alpha value is -1.64. The Kier molecular flexibility index (Phi) is 6.80. The van der Waals surface area contributed by atoms with Crippen LogP contribution in [0.1, 0.15) is 31.2 Å². The molecule has 1 amide bonds. The van der Waals surface area contributed by atoms with E-state index in [1.54, 1.807) is 25.3 Å². The van der Waals surface area contributed by atoms with Crippen LogP contribution < -0.4 is 15.8 Å². The molecule has 0 saturated carbocycles. The second-order valence-corrected chi connectivity index (χ2v) is 8.13. The van der Waals surface area contributed by atoms with Crippen LogP contribution in [-0.4, -0.2) is 51.4 Å². The van der Waals surface area contributed by atoms with Crippen LogP contribution in [-0.2, 0) is 14.8 Å². The third kappa shape index (κ3) is 4.71. The number of carbonyl (C=O) groups excluding carboxylic acids is 1. The Morgan fingerprint density at radius 2 is 2.16 bits per heavy atom. The van der Waals surface area contributed by atoms with E-state index < -0.39 is 10.0 Å². The lowest BCUT2D eigenvalue weighted by molar-refractivity contribution is -0.121. The molecule has 1 heterocycles. The van der Waals surface area contributed by atoms with Gasteiger partial charge in [0.2, 0.25) is 15.9 Å². The molecule has 140 valence electrons. The first-order chi connectivity index (χ1) is 11.9. The lowest BCUT2D eigenvalue weighted by Crippen LogP contribution is -2.49. The van der Waals surface area contributed by atoms with Gasteiger partial charge in [0.1, 0.15) is 5.75 Å². The highest BCUT2D eigenvalue weighted by Gasteiger charge is 2.33. The number of rotatable bonds is 7. The van der Waals surface area contributed by atoms with Crippen molar-refractivity contribution in [2.24, 2.45) is 5.73 Å². The second kappa shape index (κ2) is 8.64. The summed E-state index contributed by atoms with van der Waals surface area (Å²) in [6, 6.07) is 4.64. The van der Waals surface area contributed by atoms with Gasteiger partial charge in [0, 0.05) is 32.1 Å². The molecule has 1 saturated heterocycles. The normalized spacial score (nSPS) is 18.8. The van der Waals surface area contributed by atoms with Crippen molar-refractivity contribution in [2.75, 3.05) is 26.7 Å². The molecule has 2 rings (SSSR count). The molecule has 1 aliphatic rings. The lowest BCUT2D eigenvalue weighted by Gasteiger charge is -2.34. The van der Waals surface area contributed by atoms with Crippen LogP contribution >= 0.6 is 0 Å². The molecule has 1 atom stereocenters. The first-order valence-corrected chi connectivity index (χ1v) is 9.97. The monoisotopic (exact) mass is 369 g/mol. The molecule has 7 nitrogen and oxygen atoms in total. The molecular weight excluding hydrogens is 342 g/mol. The van der Waals surface area contributed by atoms with Gasteiger partial charge < -0.3 is 15.8 Å². The number of carbonyl (C=O) groups is 1. The zero-order valence-corrected chi connectivity index (χ0v) is 15.6. The summed E-state index contributed by atoms with van der Waals surface area (Å²) in [5, 5.41) is 2.79. The highest BCUT2D eigenvalue weighted by Crippen LogP contribution is 2.28. The number of piperidine rings is 1. The molecule has 0 radical (unpaired) electrons. The third-order valence-electron chi connectivity index (χ3n) is 4.45. The zero-order chi connectivity index (χ0) is 18.4. The maximum Gasteiger partial charge on any atom is 0.243 e. The lowest BCUT2D eigenvalue weighted by atomic mass is 10.1. The van der Waals surface area contributed by atoms with Gasteiger partial charge in [-0.2, -0.15) is 4.31 Å². The van der Waals surface area contributed by atoms with Gasteiger partial charge in [-0.15, -0.1) is 0 Å². The van der Waals surface area contributed by atoms with Crippen molar-refractivity contribution in [1.29, 1.82) is 0 Å². The Morgan fingerprint density at radius 3 is 2.80 bits per heavy atom. The molecule has 0 aliphatic carbocycles. The van der Waals surface area contributed by atoms with Crippen LogP contribution in [0.3, 0.4) is 0 Å². The van der Waals surface area contributed by atoms with Gasteiger partial charge in [0.05, 0.1) is 12.0 Å². The maximum atomic E-state index is 13.1. The van der Waals surface area contributed by atoms with Crippen molar-refractivity contribution in [2.45, 2.75) is 43.5 Å². The van der Waals surface area contributed by atoms with E-state index in [2.05, 4.69) is 5.32 Å². The molecule has 1 unspecified atom stereocenters. The van der Waals surface area contributed by atoms with Crippen LogP contribution in [0.2, 0.25) is 0 Å². The number of hydrogen-bond acceptors (Lipinski definition) is 5. The predicted octanol–water partition coefficient (Wildman–Crippen LogP) is 1.01. The molecule has 8 heteroatoms. The van der Waals surface area contributed by atoms with Crippen LogP contribution in [0.25, 0.3) is 0 Å².